The van der Waals surface area contributed by atoms with Gasteiger partial charge in [0.15, 0.2) is 0 Å². The number of fused-ring (bicyclic) bond motifs is 1. The van der Waals surface area contributed by atoms with Crippen molar-refractivity contribution in [2.75, 3.05) is 13.1 Å². The number of rotatable bonds is 3. The molecule has 3 nitrogen and oxygen atoms in total. The first-order valence-electron chi connectivity index (χ1n) is 8.19. The SMILES string of the molecule is CC(C)NC(=O)c1ccc2c(C3CCNCC3)cccc2c1.Cl. The molecule has 1 aliphatic rings. The summed E-state index contributed by atoms with van der Waals surface area (Å²) in [4.78, 5) is 12.2. The molecule has 0 spiro atoms. The lowest BCUT2D eigenvalue weighted by Crippen LogP contribution is -2.30. The van der Waals surface area contributed by atoms with Gasteiger partial charge in [0, 0.05) is 11.6 Å². The molecule has 0 atom stereocenters. The summed E-state index contributed by atoms with van der Waals surface area (Å²) in [6.45, 7) is 6.15. The van der Waals surface area contributed by atoms with E-state index in [1.165, 1.54) is 23.8 Å². The van der Waals surface area contributed by atoms with Crippen LogP contribution in [-0.2, 0) is 0 Å². The van der Waals surface area contributed by atoms with Crippen LogP contribution in [0.3, 0.4) is 0 Å². The quantitative estimate of drug-likeness (QED) is 0.896. The van der Waals surface area contributed by atoms with Crippen molar-refractivity contribution in [3.8, 4) is 0 Å². The number of piperidine rings is 1. The smallest absolute Gasteiger partial charge is 0.251 e. The number of carbonyl (C=O) groups excluding carboxylic acids is 1. The number of nitrogens with one attached hydrogen (secondary N) is 2. The fraction of sp³-hybridized carbons (Fsp3) is 0.421. The van der Waals surface area contributed by atoms with Gasteiger partial charge < -0.3 is 10.6 Å². The first-order chi connectivity index (χ1) is 10.6. The minimum absolute atomic E-state index is 0. The zero-order chi connectivity index (χ0) is 15.5. The Kier molecular flexibility index (Phi) is 6.03. The molecule has 1 amide bonds. The first-order valence-corrected chi connectivity index (χ1v) is 8.19. The van der Waals surface area contributed by atoms with E-state index in [1.807, 2.05) is 26.0 Å². The van der Waals surface area contributed by atoms with Gasteiger partial charge in [-0.1, -0.05) is 24.3 Å². The van der Waals surface area contributed by atoms with Crippen molar-refractivity contribution in [3.63, 3.8) is 0 Å². The highest BCUT2D eigenvalue weighted by molar-refractivity contribution is 5.99. The Labute approximate surface area is 144 Å². The van der Waals surface area contributed by atoms with E-state index in [9.17, 15) is 4.79 Å². The van der Waals surface area contributed by atoms with E-state index in [0.717, 1.165) is 24.0 Å². The van der Waals surface area contributed by atoms with Crippen LogP contribution in [-0.4, -0.2) is 25.0 Å². The molecule has 0 radical (unpaired) electrons. The van der Waals surface area contributed by atoms with Crippen molar-refractivity contribution < 1.29 is 4.79 Å². The Morgan fingerprint density at radius 2 is 1.91 bits per heavy atom. The third-order valence-electron chi connectivity index (χ3n) is 4.38. The van der Waals surface area contributed by atoms with Crippen LogP contribution < -0.4 is 10.6 Å². The fourth-order valence-electron chi connectivity index (χ4n) is 3.28. The summed E-state index contributed by atoms with van der Waals surface area (Å²) in [5, 5.41) is 8.82. The highest BCUT2D eigenvalue weighted by Crippen LogP contribution is 2.31. The highest BCUT2D eigenvalue weighted by atomic mass is 35.5. The summed E-state index contributed by atoms with van der Waals surface area (Å²) in [6, 6.07) is 12.7. The number of carbonyl (C=O) groups is 1. The summed E-state index contributed by atoms with van der Waals surface area (Å²) in [7, 11) is 0. The second-order valence-corrected chi connectivity index (χ2v) is 6.44. The van der Waals surface area contributed by atoms with Crippen LogP contribution in [0.4, 0.5) is 0 Å². The Hall–Kier alpha value is -1.58. The lowest BCUT2D eigenvalue weighted by atomic mass is 9.86. The molecule has 124 valence electrons. The largest absolute Gasteiger partial charge is 0.350 e. The van der Waals surface area contributed by atoms with Crippen LogP contribution in [0.1, 0.15) is 48.5 Å². The number of benzene rings is 2. The van der Waals surface area contributed by atoms with Gasteiger partial charge in [-0.2, -0.15) is 0 Å². The van der Waals surface area contributed by atoms with Gasteiger partial charge >= 0.3 is 0 Å². The van der Waals surface area contributed by atoms with Crippen molar-refractivity contribution in [2.24, 2.45) is 0 Å². The van der Waals surface area contributed by atoms with Crippen molar-refractivity contribution >= 4 is 29.1 Å². The maximum absolute atomic E-state index is 12.2. The number of hydrogen-bond acceptors (Lipinski definition) is 2. The van der Waals surface area contributed by atoms with Gasteiger partial charge in [0.05, 0.1) is 0 Å². The van der Waals surface area contributed by atoms with Gasteiger partial charge in [-0.3, -0.25) is 4.79 Å². The van der Waals surface area contributed by atoms with E-state index in [0.29, 0.717) is 5.92 Å². The molecule has 0 unspecified atom stereocenters. The monoisotopic (exact) mass is 332 g/mol. The van der Waals surface area contributed by atoms with E-state index >= 15 is 0 Å². The Balaban J connectivity index is 0.00000192. The zero-order valence-electron chi connectivity index (χ0n) is 13.8. The van der Waals surface area contributed by atoms with Gasteiger partial charge in [-0.25, -0.2) is 0 Å². The summed E-state index contributed by atoms with van der Waals surface area (Å²) >= 11 is 0. The van der Waals surface area contributed by atoms with Gasteiger partial charge in [-0.05, 0) is 74.2 Å². The fourth-order valence-corrected chi connectivity index (χ4v) is 3.28. The average molecular weight is 333 g/mol. The zero-order valence-corrected chi connectivity index (χ0v) is 14.6. The summed E-state index contributed by atoms with van der Waals surface area (Å²) in [6.07, 6.45) is 2.38. The number of hydrogen-bond donors (Lipinski definition) is 2. The Morgan fingerprint density at radius 1 is 1.17 bits per heavy atom. The molecule has 1 fully saturated rings. The van der Waals surface area contributed by atoms with Crippen LogP contribution in [0.5, 0.6) is 0 Å². The molecule has 1 heterocycles. The summed E-state index contributed by atoms with van der Waals surface area (Å²) < 4.78 is 0. The second-order valence-electron chi connectivity index (χ2n) is 6.44. The molecule has 0 aliphatic carbocycles. The van der Waals surface area contributed by atoms with E-state index in [2.05, 4.69) is 34.9 Å². The van der Waals surface area contributed by atoms with E-state index < -0.39 is 0 Å². The summed E-state index contributed by atoms with van der Waals surface area (Å²) in [5.41, 5.74) is 2.17. The Bertz CT molecular complexity index is 678. The molecule has 3 rings (SSSR count). The lowest BCUT2D eigenvalue weighted by Gasteiger charge is -2.24. The molecule has 2 N–H and O–H groups in total. The van der Waals surface area contributed by atoms with Crippen molar-refractivity contribution in [1.29, 1.82) is 0 Å². The van der Waals surface area contributed by atoms with Gasteiger partial charge in [0.25, 0.3) is 5.91 Å². The molecule has 0 bridgehead atoms. The molecule has 1 saturated heterocycles. The van der Waals surface area contributed by atoms with E-state index in [1.54, 1.807) is 0 Å². The second kappa shape index (κ2) is 7.80. The average Bonchev–Trinajstić information content (AvgIpc) is 2.54. The predicted octanol–water partition coefficient (Wildman–Crippen LogP) is 3.87. The Morgan fingerprint density at radius 3 is 2.61 bits per heavy atom. The van der Waals surface area contributed by atoms with Crippen molar-refractivity contribution in [1.82, 2.24) is 10.6 Å². The normalized spacial score (nSPS) is 15.4. The van der Waals surface area contributed by atoms with Crippen LogP contribution >= 0.6 is 12.4 Å². The predicted molar refractivity (Wildman–Crippen MR) is 98.6 cm³/mol. The van der Waals surface area contributed by atoms with E-state index in [4.69, 9.17) is 0 Å². The van der Waals surface area contributed by atoms with Gasteiger partial charge in [0.1, 0.15) is 0 Å². The van der Waals surface area contributed by atoms with Crippen molar-refractivity contribution in [2.45, 2.75) is 38.6 Å². The van der Waals surface area contributed by atoms with Crippen LogP contribution in [0, 0.1) is 0 Å². The third-order valence-corrected chi connectivity index (χ3v) is 4.38. The van der Waals surface area contributed by atoms with Crippen LogP contribution in [0.2, 0.25) is 0 Å². The van der Waals surface area contributed by atoms with E-state index in [-0.39, 0.29) is 24.4 Å². The molecule has 2 aromatic rings. The molecular weight excluding hydrogens is 308 g/mol. The molecule has 1 aliphatic heterocycles. The standard InChI is InChI=1S/C19H24N2O.ClH/c1-13(2)21-19(22)16-6-7-18-15(12-16)4-3-5-17(18)14-8-10-20-11-9-14;/h3-7,12-14,20H,8-11H2,1-2H3,(H,21,22);1H. The first kappa shape index (κ1) is 17.8. The number of halogens is 1. The summed E-state index contributed by atoms with van der Waals surface area (Å²) in [5.74, 6) is 0.629. The molecule has 2 aromatic carbocycles. The minimum atomic E-state index is 0. The molecule has 0 aromatic heterocycles. The molecule has 4 heteroatoms. The third kappa shape index (κ3) is 4.04. The van der Waals surface area contributed by atoms with Crippen LogP contribution in [0.25, 0.3) is 10.8 Å². The maximum Gasteiger partial charge on any atom is 0.251 e. The van der Waals surface area contributed by atoms with Gasteiger partial charge in [0.2, 0.25) is 0 Å². The number of amides is 1. The molecular formula is C19H25ClN2O. The maximum atomic E-state index is 12.2. The topological polar surface area (TPSA) is 41.1 Å². The van der Waals surface area contributed by atoms with Crippen LogP contribution in [0.15, 0.2) is 36.4 Å². The van der Waals surface area contributed by atoms with Crippen molar-refractivity contribution in [3.05, 3.63) is 47.5 Å². The van der Waals surface area contributed by atoms with Gasteiger partial charge in [-0.15, -0.1) is 12.4 Å². The molecule has 0 saturated carbocycles. The lowest BCUT2D eigenvalue weighted by molar-refractivity contribution is 0.0943. The molecule has 23 heavy (non-hydrogen) atoms. The minimum Gasteiger partial charge on any atom is -0.350 e. The highest BCUT2D eigenvalue weighted by Gasteiger charge is 2.17.